The number of rotatable bonds is 6. The van der Waals surface area contributed by atoms with Gasteiger partial charge < -0.3 is 20.3 Å². The number of nitrogens with one attached hydrogen (secondary N) is 1. The Morgan fingerprint density at radius 3 is 2.84 bits per heavy atom. The summed E-state index contributed by atoms with van der Waals surface area (Å²) in [7, 11) is 0. The quantitative estimate of drug-likeness (QED) is 0.265. The first kappa shape index (κ1) is 25.1. The molecule has 1 aromatic carbocycles. The Morgan fingerprint density at radius 1 is 1.25 bits per heavy atom. The van der Waals surface area contributed by atoms with Gasteiger partial charge in [0.1, 0.15) is 17.4 Å². The maximum atomic E-state index is 12.9. The lowest BCUT2D eigenvalue weighted by molar-refractivity contribution is -0.115. The standard InChI is InChI=1S/C26H33NO5/c1-3-4-5-6-16-24(30)27-17-10-14-21-18-23(29)19(2)11-7-8-12-20-13-9-15-22(28)25(20)26(31)32-21/h4-10,13,15-17,19,21,23,28-29H,3,11-12,14,18H2,1-2H3,(H,27,30)/b5-4-,8-7-,16-6-,17-10-. The smallest absolute Gasteiger partial charge is 0.342 e. The van der Waals surface area contributed by atoms with Crippen LogP contribution in [0.1, 0.15) is 55.5 Å². The number of hydrogen-bond acceptors (Lipinski definition) is 5. The highest BCUT2D eigenvalue weighted by atomic mass is 16.5. The second-order valence-electron chi connectivity index (χ2n) is 7.87. The number of allylic oxidation sites excluding steroid dienone is 5. The zero-order chi connectivity index (χ0) is 23.3. The van der Waals surface area contributed by atoms with E-state index in [1.165, 1.54) is 18.3 Å². The molecule has 2 rings (SSSR count). The third-order valence-corrected chi connectivity index (χ3v) is 5.25. The van der Waals surface area contributed by atoms with Gasteiger partial charge in [-0.2, -0.15) is 0 Å². The molecule has 0 spiro atoms. The molecule has 32 heavy (non-hydrogen) atoms. The molecule has 0 bridgehead atoms. The fraction of sp³-hybridized carbons (Fsp3) is 0.385. The second kappa shape index (κ2) is 13.3. The summed E-state index contributed by atoms with van der Waals surface area (Å²) < 4.78 is 5.68. The number of phenols is 1. The molecular formula is C26H33NO5. The van der Waals surface area contributed by atoms with E-state index in [0.717, 1.165) is 6.42 Å². The maximum absolute atomic E-state index is 12.9. The first-order chi connectivity index (χ1) is 15.4. The van der Waals surface area contributed by atoms with Crippen molar-refractivity contribution in [1.29, 1.82) is 0 Å². The molecule has 172 valence electrons. The predicted molar refractivity (Wildman–Crippen MR) is 125 cm³/mol. The second-order valence-corrected chi connectivity index (χ2v) is 7.87. The molecular weight excluding hydrogens is 406 g/mol. The number of carbonyl (C=O) groups excluding carboxylic acids is 2. The number of cyclic esters (lactones) is 1. The number of carbonyl (C=O) groups is 2. The number of esters is 1. The Bertz CT molecular complexity index is 884. The van der Waals surface area contributed by atoms with Gasteiger partial charge in [0.2, 0.25) is 5.91 Å². The SMILES string of the molecule is CC/C=C\C=C/C(=O)N/C=C\CC1CC(O)C(C)C/C=C\Cc2cccc(O)c2C(=O)O1. The van der Waals surface area contributed by atoms with Crippen molar-refractivity contribution in [3.63, 3.8) is 0 Å². The number of benzene rings is 1. The van der Waals surface area contributed by atoms with Crippen molar-refractivity contribution in [3.8, 4) is 5.75 Å². The number of aliphatic hydroxyl groups excluding tert-OH is 1. The Hall–Kier alpha value is -3.12. The lowest BCUT2D eigenvalue weighted by atomic mass is 9.93. The first-order valence-corrected chi connectivity index (χ1v) is 11.1. The Labute approximate surface area is 190 Å². The largest absolute Gasteiger partial charge is 0.507 e. The molecule has 0 saturated heterocycles. The summed E-state index contributed by atoms with van der Waals surface area (Å²) in [5.74, 6) is -1.02. The van der Waals surface area contributed by atoms with Crippen molar-refractivity contribution < 1.29 is 24.5 Å². The van der Waals surface area contributed by atoms with Crippen molar-refractivity contribution >= 4 is 11.9 Å². The summed E-state index contributed by atoms with van der Waals surface area (Å²) in [4.78, 5) is 24.6. The fourth-order valence-electron chi connectivity index (χ4n) is 3.34. The lowest BCUT2D eigenvalue weighted by Gasteiger charge is -2.24. The normalized spacial score (nSPS) is 23.5. The highest BCUT2D eigenvalue weighted by molar-refractivity contribution is 5.94. The van der Waals surface area contributed by atoms with E-state index >= 15 is 0 Å². The highest BCUT2D eigenvalue weighted by Crippen LogP contribution is 2.26. The average molecular weight is 440 g/mol. The summed E-state index contributed by atoms with van der Waals surface area (Å²) in [6.07, 6.45) is 15.3. The third-order valence-electron chi connectivity index (χ3n) is 5.25. The van der Waals surface area contributed by atoms with Gasteiger partial charge >= 0.3 is 5.97 Å². The topological polar surface area (TPSA) is 95.9 Å². The summed E-state index contributed by atoms with van der Waals surface area (Å²) in [5.41, 5.74) is 0.832. The van der Waals surface area contributed by atoms with Crippen LogP contribution in [0.3, 0.4) is 0 Å². The average Bonchev–Trinajstić information content (AvgIpc) is 2.76. The number of aromatic hydroxyl groups is 1. The van der Waals surface area contributed by atoms with Crippen LogP contribution in [-0.2, 0) is 16.0 Å². The molecule has 1 amide bonds. The van der Waals surface area contributed by atoms with Crippen LogP contribution in [0.25, 0.3) is 0 Å². The highest BCUT2D eigenvalue weighted by Gasteiger charge is 2.25. The van der Waals surface area contributed by atoms with Crippen LogP contribution in [0.2, 0.25) is 0 Å². The van der Waals surface area contributed by atoms with Crippen molar-refractivity contribution in [2.45, 2.75) is 58.2 Å². The molecule has 1 aliphatic heterocycles. The van der Waals surface area contributed by atoms with Crippen LogP contribution in [0.5, 0.6) is 5.75 Å². The minimum atomic E-state index is -0.656. The van der Waals surface area contributed by atoms with Crippen molar-refractivity contribution in [2.24, 2.45) is 5.92 Å². The van der Waals surface area contributed by atoms with E-state index in [0.29, 0.717) is 24.8 Å². The number of ether oxygens (including phenoxy) is 1. The van der Waals surface area contributed by atoms with Crippen molar-refractivity contribution in [1.82, 2.24) is 5.32 Å². The van der Waals surface area contributed by atoms with E-state index in [1.807, 2.05) is 32.1 Å². The van der Waals surface area contributed by atoms with Gasteiger partial charge in [-0.25, -0.2) is 4.79 Å². The Morgan fingerprint density at radius 2 is 2.06 bits per heavy atom. The van der Waals surface area contributed by atoms with E-state index in [2.05, 4.69) is 5.32 Å². The molecule has 0 aliphatic carbocycles. The van der Waals surface area contributed by atoms with Crippen LogP contribution in [0.15, 0.2) is 66.9 Å². The van der Waals surface area contributed by atoms with Crippen LogP contribution in [0.4, 0.5) is 0 Å². The Kier molecular flexibility index (Phi) is 10.5. The van der Waals surface area contributed by atoms with Gasteiger partial charge in [-0.3, -0.25) is 4.79 Å². The zero-order valence-corrected chi connectivity index (χ0v) is 18.7. The van der Waals surface area contributed by atoms with Gasteiger partial charge in [-0.15, -0.1) is 0 Å². The molecule has 1 aliphatic rings. The molecule has 0 fully saturated rings. The van der Waals surface area contributed by atoms with Gasteiger partial charge in [0, 0.05) is 25.1 Å². The molecule has 6 nitrogen and oxygen atoms in total. The summed E-state index contributed by atoms with van der Waals surface area (Å²) in [6, 6.07) is 4.95. The first-order valence-electron chi connectivity index (χ1n) is 11.1. The Balaban J connectivity index is 2.11. The van der Waals surface area contributed by atoms with Gasteiger partial charge in [0.05, 0.1) is 6.10 Å². The van der Waals surface area contributed by atoms with Gasteiger partial charge in [0.15, 0.2) is 0 Å². The van der Waals surface area contributed by atoms with Gasteiger partial charge in [-0.1, -0.05) is 62.4 Å². The van der Waals surface area contributed by atoms with Crippen molar-refractivity contribution in [2.75, 3.05) is 0 Å². The molecule has 3 unspecified atom stereocenters. The molecule has 0 aromatic heterocycles. The van der Waals surface area contributed by atoms with Crippen LogP contribution >= 0.6 is 0 Å². The van der Waals surface area contributed by atoms with Crippen molar-refractivity contribution in [3.05, 3.63) is 78.1 Å². The number of hydrogen-bond donors (Lipinski definition) is 3. The van der Waals surface area contributed by atoms with E-state index in [-0.39, 0.29) is 29.6 Å². The fourth-order valence-corrected chi connectivity index (χ4v) is 3.34. The van der Waals surface area contributed by atoms with Crippen LogP contribution in [0, 0.1) is 5.92 Å². The maximum Gasteiger partial charge on any atom is 0.342 e. The molecule has 0 saturated carbocycles. The minimum Gasteiger partial charge on any atom is -0.507 e. The molecule has 1 heterocycles. The number of fused-ring (bicyclic) bond motifs is 1. The number of amides is 1. The monoisotopic (exact) mass is 439 g/mol. The lowest BCUT2D eigenvalue weighted by Crippen LogP contribution is -2.28. The summed E-state index contributed by atoms with van der Waals surface area (Å²) >= 11 is 0. The molecule has 1 aromatic rings. The predicted octanol–water partition coefficient (Wildman–Crippen LogP) is 4.35. The summed E-state index contributed by atoms with van der Waals surface area (Å²) in [5, 5.41) is 23.4. The molecule has 3 N–H and O–H groups in total. The number of phenolic OH excluding ortho intramolecular Hbond substituents is 1. The molecule has 6 heteroatoms. The van der Waals surface area contributed by atoms with E-state index < -0.39 is 18.2 Å². The summed E-state index contributed by atoms with van der Waals surface area (Å²) in [6.45, 7) is 3.96. The van der Waals surface area contributed by atoms with E-state index in [9.17, 15) is 19.8 Å². The van der Waals surface area contributed by atoms with E-state index in [1.54, 1.807) is 30.4 Å². The van der Waals surface area contributed by atoms with Crippen LogP contribution < -0.4 is 5.32 Å². The molecule has 0 radical (unpaired) electrons. The molecule has 3 atom stereocenters. The van der Waals surface area contributed by atoms with Gasteiger partial charge in [0.25, 0.3) is 0 Å². The van der Waals surface area contributed by atoms with E-state index in [4.69, 9.17) is 4.74 Å². The van der Waals surface area contributed by atoms with Crippen LogP contribution in [-0.4, -0.2) is 34.3 Å². The minimum absolute atomic E-state index is 0.000482. The number of aliphatic hydroxyl groups is 1. The van der Waals surface area contributed by atoms with Gasteiger partial charge in [-0.05, 0) is 36.8 Å². The zero-order valence-electron chi connectivity index (χ0n) is 18.7. The third kappa shape index (κ3) is 8.19.